The Morgan fingerprint density at radius 1 is 1.26 bits per heavy atom. The smallest absolute Gasteiger partial charge is 0.337 e. The first-order valence-electron chi connectivity index (χ1n) is 8.44. The number of ether oxygens (including phenoxy) is 1. The van der Waals surface area contributed by atoms with Crippen LogP contribution in [-0.4, -0.2) is 44.8 Å². The summed E-state index contributed by atoms with van der Waals surface area (Å²) in [5.41, 5.74) is 0.807. The minimum Gasteiger partial charge on any atom is -0.465 e. The molecule has 1 saturated heterocycles. The molecule has 2 heterocycles. The van der Waals surface area contributed by atoms with Crippen LogP contribution in [0.2, 0.25) is 0 Å². The number of sulfonamides is 1. The Labute approximate surface area is 162 Å². The van der Waals surface area contributed by atoms with Gasteiger partial charge in [-0.25, -0.2) is 13.2 Å². The number of hydrogen-bond acceptors (Lipinski definition) is 6. The van der Waals surface area contributed by atoms with Crippen molar-refractivity contribution in [2.45, 2.75) is 17.1 Å². The molecule has 27 heavy (non-hydrogen) atoms. The van der Waals surface area contributed by atoms with Crippen LogP contribution in [0.5, 0.6) is 0 Å². The Kier molecular flexibility index (Phi) is 5.93. The molecule has 144 valence electrons. The van der Waals surface area contributed by atoms with Crippen molar-refractivity contribution in [2.24, 2.45) is 5.92 Å². The highest BCUT2D eigenvalue weighted by Crippen LogP contribution is 2.27. The predicted molar refractivity (Wildman–Crippen MR) is 102 cm³/mol. The number of amides is 1. The highest BCUT2D eigenvalue weighted by atomic mass is 32.2. The molecule has 1 aromatic heterocycles. The molecule has 1 N–H and O–H groups in total. The summed E-state index contributed by atoms with van der Waals surface area (Å²) in [6.45, 7) is 0.546. The van der Waals surface area contributed by atoms with Crippen LogP contribution in [0.4, 0.5) is 5.69 Å². The minimum absolute atomic E-state index is 0.142. The van der Waals surface area contributed by atoms with Gasteiger partial charge in [0.1, 0.15) is 4.21 Å². The molecular weight excluding hydrogens is 388 g/mol. The van der Waals surface area contributed by atoms with Gasteiger partial charge in [0, 0.05) is 18.8 Å². The second-order valence-electron chi connectivity index (χ2n) is 6.20. The molecule has 0 spiro atoms. The third kappa shape index (κ3) is 4.37. The Morgan fingerprint density at radius 3 is 2.78 bits per heavy atom. The lowest BCUT2D eigenvalue weighted by Gasteiger charge is -2.30. The number of carbonyl (C=O) groups excluding carboxylic acids is 2. The van der Waals surface area contributed by atoms with Crippen molar-refractivity contribution in [3.8, 4) is 0 Å². The number of esters is 1. The fourth-order valence-electron chi connectivity index (χ4n) is 3.00. The number of carbonyl (C=O) groups is 2. The lowest BCUT2D eigenvalue weighted by atomic mass is 9.98. The summed E-state index contributed by atoms with van der Waals surface area (Å²) in [7, 11) is -2.28. The van der Waals surface area contributed by atoms with Gasteiger partial charge >= 0.3 is 5.97 Å². The Bertz CT molecular complexity index is 925. The van der Waals surface area contributed by atoms with Gasteiger partial charge in [0.25, 0.3) is 10.0 Å². The maximum atomic E-state index is 12.7. The van der Waals surface area contributed by atoms with Crippen LogP contribution in [0.1, 0.15) is 23.2 Å². The maximum Gasteiger partial charge on any atom is 0.337 e. The molecule has 0 aliphatic carbocycles. The Balaban J connectivity index is 1.70. The molecule has 2 aromatic rings. The van der Waals surface area contributed by atoms with E-state index in [-0.39, 0.29) is 16.7 Å². The number of anilines is 1. The van der Waals surface area contributed by atoms with E-state index in [9.17, 15) is 18.0 Å². The van der Waals surface area contributed by atoms with E-state index >= 15 is 0 Å². The number of thiophene rings is 1. The predicted octanol–water partition coefficient (Wildman–Crippen LogP) is 2.57. The van der Waals surface area contributed by atoms with Crippen molar-refractivity contribution in [2.75, 3.05) is 25.5 Å². The normalized spacial score (nSPS) is 18.0. The number of methoxy groups -OCH3 is 1. The lowest BCUT2D eigenvalue weighted by Crippen LogP contribution is -2.43. The van der Waals surface area contributed by atoms with E-state index in [1.54, 1.807) is 35.7 Å². The van der Waals surface area contributed by atoms with Crippen LogP contribution in [0.3, 0.4) is 0 Å². The van der Waals surface area contributed by atoms with Gasteiger partial charge in [0.05, 0.1) is 18.6 Å². The lowest BCUT2D eigenvalue weighted by molar-refractivity contribution is -0.120. The van der Waals surface area contributed by atoms with Crippen molar-refractivity contribution in [1.82, 2.24) is 4.31 Å². The highest BCUT2D eigenvalue weighted by molar-refractivity contribution is 7.91. The average Bonchev–Trinajstić information content (AvgIpc) is 3.23. The summed E-state index contributed by atoms with van der Waals surface area (Å²) >= 11 is 1.17. The van der Waals surface area contributed by atoms with Gasteiger partial charge in [-0.1, -0.05) is 12.1 Å². The number of nitrogens with one attached hydrogen (secondary N) is 1. The molecule has 7 nitrogen and oxygen atoms in total. The van der Waals surface area contributed by atoms with Gasteiger partial charge in [-0.3, -0.25) is 4.79 Å². The highest BCUT2D eigenvalue weighted by Gasteiger charge is 2.33. The van der Waals surface area contributed by atoms with E-state index in [1.165, 1.54) is 28.8 Å². The molecular formula is C18H20N2O5S2. The van der Waals surface area contributed by atoms with Gasteiger partial charge in [-0.15, -0.1) is 11.3 Å². The molecule has 1 unspecified atom stereocenters. The first kappa shape index (κ1) is 19.5. The summed E-state index contributed by atoms with van der Waals surface area (Å²) in [6.07, 6.45) is 1.23. The van der Waals surface area contributed by atoms with Crippen LogP contribution in [0.25, 0.3) is 0 Å². The van der Waals surface area contributed by atoms with E-state index in [0.29, 0.717) is 30.6 Å². The number of piperidine rings is 1. The van der Waals surface area contributed by atoms with Gasteiger partial charge in [0.15, 0.2) is 0 Å². The maximum absolute atomic E-state index is 12.7. The van der Waals surface area contributed by atoms with Crippen LogP contribution in [0, 0.1) is 5.92 Å². The molecule has 3 rings (SSSR count). The molecule has 9 heteroatoms. The fraction of sp³-hybridized carbons (Fsp3) is 0.333. The second kappa shape index (κ2) is 8.20. The molecule has 1 aromatic carbocycles. The van der Waals surface area contributed by atoms with Crippen molar-refractivity contribution in [3.63, 3.8) is 0 Å². The monoisotopic (exact) mass is 408 g/mol. The molecule has 1 aliphatic rings. The quantitative estimate of drug-likeness (QED) is 0.768. The summed E-state index contributed by atoms with van der Waals surface area (Å²) in [5.74, 6) is -1.20. The molecule has 0 radical (unpaired) electrons. The van der Waals surface area contributed by atoms with Crippen LogP contribution < -0.4 is 5.32 Å². The first-order chi connectivity index (χ1) is 12.9. The zero-order chi connectivity index (χ0) is 19.4. The SMILES string of the molecule is COC(=O)c1cccc(NC(=O)C2CCCN(S(=O)(=O)c3cccs3)C2)c1. The topological polar surface area (TPSA) is 92.8 Å². The third-order valence-corrected chi connectivity index (χ3v) is 7.63. The van der Waals surface area contributed by atoms with E-state index in [0.717, 1.165) is 0 Å². The zero-order valence-corrected chi connectivity index (χ0v) is 16.4. The summed E-state index contributed by atoms with van der Waals surface area (Å²) in [5, 5.41) is 4.49. The van der Waals surface area contributed by atoms with Crippen LogP contribution in [-0.2, 0) is 19.6 Å². The van der Waals surface area contributed by atoms with Crippen molar-refractivity contribution in [3.05, 3.63) is 47.3 Å². The summed E-state index contributed by atoms with van der Waals surface area (Å²) in [6, 6.07) is 9.72. The average molecular weight is 409 g/mol. The van der Waals surface area contributed by atoms with E-state index in [4.69, 9.17) is 0 Å². The number of rotatable bonds is 5. The first-order valence-corrected chi connectivity index (χ1v) is 10.8. The molecule has 1 aliphatic heterocycles. The van der Waals surface area contributed by atoms with Crippen LogP contribution >= 0.6 is 11.3 Å². The minimum atomic E-state index is -3.57. The van der Waals surface area contributed by atoms with Gasteiger partial charge in [-0.2, -0.15) is 4.31 Å². The molecule has 1 fully saturated rings. The summed E-state index contributed by atoms with van der Waals surface area (Å²) in [4.78, 5) is 24.2. The number of nitrogens with zero attached hydrogens (tertiary/aromatic N) is 1. The second-order valence-corrected chi connectivity index (χ2v) is 9.31. The van der Waals surface area contributed by atoms with Gasteiger partial charge < -0.3 is 10.1 Å². The third-order valence-electron chi connectivity index (χ3n) is 4.40. The fourth-order valence-corrected chi connectivity index (χ4v) is 5.67. The standard InChI is InChI=1S/C18H20N2O5S2/c1-25-18(22)13-5-2-7-15(11-13)19-17(21)14-6-3-9-20(12-14)27(23,24)16-8-4-10-26-16/h2,4-5,7-8,10-11,14H,3,6,9,12H2,1H3,(H,19,21). The molecule has 1 amide bonds. The Hall–Kier alpha value is -2.23. The largest absolute Gasteiger partial charge is 0.465 e. The number of hydrogen-bond donors (Lipinski definition) is 1. The molecule has 0 saturated carbocycles. The zero-order valence-electron chi connectivity index (χ0n) is 14.8. The van der Waals surface area contributed by atoms with Gasteiger partial charge in [-0.05, 0) is 42.5 Å². The van der Waals surface area contributed by atoms with E-state index in [1.807, 2.05) is 0 Å². The Morgan fingerprint density at radius 2 is 2.07 bits per heavy atom. The van der Waals surface area contributed by atoms with E-state index in [2.05, 4.69) is 10.1 Å². The van der Waals surface area contributed by atoms with E-state index < -0.39 is 21.9 Å². The summed E-state index contributed by atoms with van der Waals surface area (Å²) < 4.78 is 31.7. The van der Waals surface area contributed by atoms with Crippen molar-refractivity contribution in [1.29, 1.82) is 0 Å². The van der Waals surface area contributed by atoms with Crippen LogP contribution in [0.15, 0.2) is 46.0 Å². The number of benzene rings is 1. The van der Waals surface area contributed by atoms with Crippen molar-refractivity contribution < 1.29 is 22.7 Å². The molecule has 1 atom stereocenters. The molecule has 0 bridgehead atoms. The van der Waals surface area contributed by atoms with Crippen molar-refractivity contribution >= 4 is 38.9 Å². The van der Waals surface area contributed by atoms with Gasteiger partial charge in [0.2, 0.25) is 5.91 Å².